The van der Waals surface area contributed by atoms with Crippen LogP contribution in [-0.4, -0.2) is 15.5 Å². The van der Waals surface area contributed by atoms with Crippen LogP contribution in [0.4, 0.5) is 5.82 Å². The second-order valence-corrected chi connectivity index (χ2v) is 4.37. The minimum absolute atomic E-state index is 0.105. The molecule has 17 heavy (non-hydrogen) atoms. The first kappa shape index (κ1) is 11.9. The number of aromatic nitrogens is 2. The molecule has 1 heterocycles. The average molecular weight is 294 g/mol. The van der Waals surface area contributed by atoms with Crippen LogP contribution in [0.2, 0.25) is 0 Å². The number of hydrogen-bond acceptors (Lipinski definition) is 2. The van der Waals surface area contributed by atoms with Gasteiger partial charge in [-0.3, -0.25) is 4.79 Å². The highest BCUT2D eigenvalue weighted by Gasteiger charge is 2.08. The van der Waals surface area contributed by atoms with Crippen LogP contribution in [0, 0.1) is 0 Å². The lowest BCUT2D eigenvalue weighted by atomic mass is 10.2. The fourth-order valence-corrected chi connectivity index (χ4v) is 1.97. The Kier molecular flexibility index (Phi) is 3.58. The average Bonchev–Trinajstić information content (AvgIpc) is 2.62. The maximum Gasteiger partial charge on any atom is 0.222 e. The van der Waals surface area contributed by atoms with Gasteiger partial charge in [-0.2, -0.15) is 0 Å². The fraction of sp³-hybridized carbons (Fsp3) is 0.167. The van der Waals surface area contributed by atoms with Crippen molar-refractivity contribution in [1.82, 2.24) is 9.55 Å². The molecule has 1 N–H and O–H groups in total. The third kappa shape index (κ3) is 2.94. The molecule has 0 bridgehead atoms. The normalized spacial score (nSPS) is 10.2. The first-order chi connectivity index (χ1) is 8.16. The summed E-state index contributed by atoms with van der Waals surface area (Å²) < 4.78 is 2.60. The number of nitrogens with zero attached hydrogens (tertiary/aromatic N) is 2. The molecule has 1 aromatic carbocycles. The largest absolute Gasteiger partial charge is 0.311 e. The molecule has 2 aromatic rings. The van der Waals surface area contributed by atoms with E-state index in [1.54, 1.807) is 6.20 Å². The van der Waals surface area contributed by atoms with Crippen LogP contribution in [0.1, 0.15) is 12.5 Å². The van der Waals surface area contributed by atoms with Crippen LogP contribution in [0.25, 0.3) is 0 Å². The Morgan fingerprint density at radius 1 is 1.41 bits per heavy atom. The van der Waals surface area contributed by atoms with Crippen molar-refractivity contribution in [3.8, 4) is 0 Å². The van der Waals surface area contributed by atoms with E-state index in [-0.39, 0.29) is 5.91 Å². The van der Waals surface area contributed by atoms with E-state index in [4.69, 9.17) is 0 Å². The third-order valence-electron chi connectivity index (χ3n) is 2.29. The van der Waals surface area contributed by atoms with Crippen molar-refractivity contribution in [2.75, 3.05) is 5.32 Å². The summed E-state index contributed by atoms with van der Waals surface area (Å²) in [5, 5.41) is 2.75. The standard InChI is InChI=1S/C12H12BrN3O/c1-9(17)15-11-7-14-12(13)16(11)8-10-5-3-2-4-6-10/h2-7H,8H2,1H3,(H,15,17). The molecule has 0 aliphatic rings. The Bertz CT molecular complexity index is 522. The fourth-order valence-electron chi connectivity index (χ4n) is 1.55. The molecule has 88 valence electrons. The van der Waals surface area contributed by atoms with E-state index in [0.29, 0.717) is 17.1 Å². The van der Waals surface area contributed by atoms with Crippen molar-refractivity contribution in [2.45, 2.75) is 13.5 Å². The van der Waals surface area contributed by atoms with E-state index >= 15 is 0 Å². The SMILES string of the molecule is CC(=O)Nc1cnc(Br)n1Cc1ccccc1. The Morgan fingerprint density at radius 3 is 2.76 bits per heavy atom. The highest BCUT2D eigenvalue weighted by molar-refractivity contribution is 9.10. The summed E-state index contributed by atoms with van der Waals surface area (Å²) in [4.78, 5) is 15.2. The zero-order valence-electron chi connectivity index (χ0n) is 9.35. The number of carbonyl (C=O) groups is 1. The summed E-state index contributed by atoms with van der Waals surface area (Å²) in [5.41, 5.74) is 1.15. The van der Waals surface area contributed by atoms with E-state index in [1.807, 2.05) is 34.9 Å². The maximum absolute atomic E-state index is 11.1. The first-order valence-corrected chi connectivity index (χ1v) is 5.98. The van der Waals surface area contributed by atoms with Gasteiger partial charge in [-0.05, 0) is 21.5 Å². The van der Waals surface area contributed by atoms with Gasteiger partial charge in [-0.25, -0.2) is 4.98 Å². The number of halogens is 1. The molecule has 1 amide bonds. The van der Waals surface area contributed by atoms with Crippen molar-refractivity contribution in [3.05, 3.63) is 46.8 Å². The molecule has 0 spiro atoms. The van der Waals surface area contributed by atoms with Crippen molar-refractivity contribution >= 4 is 27.7 Å². The Balaban J connectivity index is 2.26. The van der Waals surface area contributed by atoms with Crippen LogP contribution in [0.5, 0.6) is 0 Å². The zero-order chi connectivity index (χ0) is 12.3. The molecule has 0 unspecified atom stereocenters. The molecule has 0 aliphatic heterocycles. The Morgan fingerprint density at radius 2 is 2.12 bits per heavy atom. The van der Waals surface area contributed by atoms with E-state index in [9.17, 15) is 4.79 Å². The molecule has 5 heteroatoms. The molecule has 0 radical (unpaired) electrons. The van der Waals surface area contributed by atoms with Gasteiger partial charge in [0.15, 0.2) is 4.73 Å². The predicted molar refractivity (Wildman–Crippen MR) is 69.8 cm³/mol. The summed E-state index contributed by atoms with van der Waals surface area (Å²) in [5.74, 6) is 0.583. The van der Waals surface area contributed by atoms with Crippen LogP contribution >= 0.6 is 15.9 Å². The van der Waals surface area contributed by atoms with Crippen LogP contribution < -0.4 is 5.32 Å². The van der Waals surface area contributed by atoms with Crippen LogP contribution in [0.3, 0.4) is 0 Å². The zero-order valence-corrected chi connectivity index (χ0v) is 10.9. The lowest BCUT2D eigenvalue weighted by Crippen LogP contribution is -2.11. The van der Waals surface area contributed by atoms with Crippen molar-refractivity contribution in [1.29, 1.82) is 0 Å². The third-order valence-corrected chi connectivity index (χ3v) is 2.93. The smallest absolute Gasteiger partial charge is 0.222 e. The van der Waals surface area contributed by atoms with E-state index in [0.717, 1.165) is 5.56 Å². The summed E-state index contributed by atoms with van der Waals surface area (Å²) >= 11 is 3.37. The second kappa shape index (κ2) is 5.14. The number of amides is 1. The van der Waals surface area contributed by atoms with Crippen molar-refractivity contribution in [3.63, 3.8) is 0 Å². The number of benzene rings is 1. The molecule has 2 rings (SSSR count). The monoisotopic (exact) mass is 293 g/mol. The quantitative estimate of drug-likeness (QED) is 0.946. The molecule has 0 saturated carbocycles. The molecule has 0 atom stereocenters. The van der Waals surface area contributed by atoms with Gasteiger partial charge in [0, 0.05) is 6.92 Å². The molecule has 4 nitrogen and oxygen atoms in total. The topological polar surface area (TPSA) is 46.9 Å². The molecule has 0 fully saturated rings. The number of rotatable bonds is 3. The van der Waals surface area contributed by atoms with Crippen LogP contribution in [0.15, 0.2) is 41.3 Å². The van der Waals surface area contributed by atoms with Crippen molar-refractivity contribution < 1.29 is 4.79 Å². The lowest BCUT2D eigenvalue weighted by Gasteiger charge is -2.09. The highest BCUT2D eigenvalue weighted by Crippen LogP contribution is 2.18. The van der Waals surface area contributed by atoms with Crippen molar-refractivity contribution in [2.24, 2.45) is 0 Å². The van der Waals surface area contributed by atoms with Gasteiger partial charge < -0.3 is 9.88 Å². The van der Waals surface area contributed by atoms with E-state index < -0.39 is 0 Å². The van der Waals surface area contributed by atoms with Gasteiger partial charge in [0.05, 0.1) is 12.7 Å². The number of imidazole rings is 1. The van der Waals surface area contributed by atoms with Gasteiger partial charge in [0.2, 0.25) is 5.91 Å². The van der Waals surface area contributed by atoms with Gasteiger partial charge >= 0.3 is 0 Å². The van der Waals surface area contributed by atoms with Gasteiger partial charge in [-0.15, -0.1) is 0 Å². The van der Waals surface area contributed by atoms with E-state index in [2.05, 4.69) is 26.2 Å². The first-order valence-electron chi connectivity index (χ1n) is 5.19. The number of anilines is 1. The second-order valence-electron chi connectivity index (χ2n) is 3.67. The molecule has 0 saturated heterocycles. The Hall–Kier alpha value is -1.62. The predicted octanol–water partition coefficient (Wildman–Crippen LogP) is 2.65. The number of nitrogens with one attached hydrogen (secondary N) is 1. The summed E-state index contributed by atoms with van der Waals surface area (Å²) in [7, 11) is 0. The summed E-state index contributed by atoms with van der Waals surface area (Å²) in [6.45, 7) is 2.14. The lowest BCUT2D eigenvalue weighted by molar-refractivity contribution is -0.114. The molecular formula is C12H12BrN3O. The molecule has 1 aromatic heterocycles. The Labute approximate surface area is 108 Å². The molecule has 0 aliphatic carbocycles. The number of carbonyl (C=O) groups excluding carboxylic acids is 1. The highest BCUT2D eigenvalue weighted by atomic mass is 79.9. The number of hydrogen-bond donors (Lipinski definition) is 1. The summed E-state index contributed by atoms with van der Waals surface area (Å²) in [6, 6.07) is 10.0. The maximum atomic E-state index is 11.1. The minimum Gasteiger partial charge on any atom is -0.311 e. The van der Waals surface area contributed by atoms with Gasteiger partial charge in [-0.1, -0.05) is 30.3 Å². The summed E-state index contributed by atoms with van der Waals surface area (Å²) in [6.07, 6.45) is 1.63. The van der Waals surface area contributed by atoms with Gasteiger partial charge in [0.25, 0.3) is 0 Å². The molecular weight excluding hydrogens is 282 g/mol. The van der Waals surface area contributed by atoms with Gasteiger partial charge in [0.1, 0.15) is 5.82 Å². The minimum atomic E-state index is -0.105. The van der Waals surface area contributed by atoms with E-state index in [1.165, 1.54) is 6.92 Å². The van der Waals surface area contributed by atoms with Crippen LogP contribution in [-0.2, 0) is 11.3 Å².